The molecule has 1 heterocycles. The van der Waals surface area contributed by atoms with Crippen LogP contribution in [0.1, 0.15) is 11.5 Å². The molecule has 2 atom stereocenters. The summed E-state index contributed by atoms with van der Waals surface area (Å²) in [6.07, 6.45) is 0. The molecule has 0 bridgehead atoms. The maximum atomic E-state index is 5.95. The highest BCUT2D eigenvalue weighted by Crippen LogP contribution is 2.31. The van der Waals surface area contributed by atoms with Gasteiger partial charge < -0.3 is 15.2 Å². The van der Waals surface area contributed by atoms with E-state index in [-0.39, 0.29) is 12.0 Å². The van der Waals surface area contributed by atoms with Crippen LogP contribution < -0.4 is 10.5 Å². The third-order valence-electron chi connectivity index (χ3n) is 2.66. The molecule has 0 saturated carbocycles. The van der Waals surface area contributed by atoms with Crippen LogP contribution in [0.3, 0.4) is 0 Å². The Bertz CT molecular complexity index is 314. The predicted molar refractivity (Wildman–Crippen MR) is 54.5 cm³/mol. The van der Waals surface area contributed by atoms with E-state index in [0.29, 0.717) is 13.2 Å². The van der Waals surface area contributed by atoms with Crippen molar-refractivity contribution in [2.24, 2.45) is 5.73 Å². The van der Waals surface area contributed by atoms with Gasteiger partial charge in [-0.25, -0.2) is 0 Å². The number of hydrogen-bond acceptors (Lipinski definition) is 3. The number of methoxy groups -OCH3 is 1. The van der Waals surface area contributed by atoms with E-state index in [4.69, 9.17) is 15.2 Å². The Morgan fingerprint density at radius 1 is 1.36 bits per heavy atom. The molecule has 1 aromatic carbocycles. The van der Waals surface area contributed by atoms with Crippen LogP contribution in [-0.4, -0.2) is 26.4 Å². The van der Waals surface area contributed by atoms with Gasteiger partial charge in [0.15, 0.2) is 0 Å². The molecule has 0 aliphatic carbocycles. The van der Waals surface area contributed by atoms with Gasteiger partial charge in [-0.1, -0.05) is 18.2 Å². The number of para-hydroxylation sites is 1. The summed E-state index contributed by atoms with van der Waals surface area (Å²) in [6.45, 7) is 1.34. The number of hydrogen-bond donors (Lipinski definition) is 1. The minimum Gasteiger partial charge on any atom is -0.496 e. The fourth-order valence-corrected chi connectivity index (χ4v) is 1.86. The lowest BCUT2D eigenvalue weighted by Crippen LogP contribution is -2.27. The summed E-state index contributed by atoms with van der Waals surface area (Å²) in [5.74, 6) is 1.17. The van der Waals surface area contributed by atoms with Gasteiger partial charge in [-0.3, -0.25) is 0 Å². The molecule has 0 radical (unpaired) electrons. The molecule has 3 nitrogen and oxygen atoms in total. The molecule has 3 heteroatoms. The van der Waals surface area contributed by atoms with Crippen LogP contribution in [0, 0.1) is 0 Å². The average molecular weight is 193 g/mol. The molecule has 2 rings (SSSR count). The van der Waals surface area contributed by atoms with Gasteiger partial charge in [-0.15, -0.1) is 0 Å². The zero-order chi connectivity index (χ0) is 9.97. The summed E-state index contributed by atoms with van der Waals surface area (Å²) in [5, 5.41) is 0. The number of rotatable bonds is 2. The molecule has 1 saturated heterocycles. The Morgan fingerprint density at radius 3 is 2.79 bits per heavy atom. The highest BCUT2D eigenvalue weighted by atomic mass is 16.5. The van der Waals surface area contributed by atoms with Crippen LogP contribution in [0.25, 0.3) is 0 Å². The molecular formula is C11H15NO2. The van der Waals surface area contributed by atoms with Gasteiger partial charge >= 0.3 is 0 Å². The average Bonchev–Trinajstić information content (AvgIpc) is 2.64. The first-order valence-electron chi connectivity index (χ1n) is 4.79. The van der Waals surface area contributed by atoms with E-state index in [0.717, 1.165) is 11.3 Å². The Morgan fingerprint density at radius 2 is 2.14 bits per heavy atom. The lowest BCUT2D eigenvalue weighted by atomic mass is 9.94. The van der Waals surface area contributed by atoms with Gasteiger partial charge in [-0.05, 0) is 6.07 Å². The molecule has 2 N–H and O–H groups in total. The van der Waals surface area contributed by atoms with Gasteiger partial charge in [0.25, 0.3) is 0 Å². The first-order chi connectivity index (χ1) is 6.83. The minimum atomic E-state index is 0.0892. The standard InChI is InChI=1S/C11H15NO2/c1-13-11-5-3-2-4-8(11)9-6-14-7-10(9)12/h2-5,9-10H,6-7,12H2,1H3. The van der Waals surface area contributed by atoms with Crippen LogP contribution in [0.5, 0.6) is 5.75 Å². The Balaban J connectivity index is 2.30. The SMILES string of the molecule is COc1ccccc1C1COCC1N. The van der Waals surface area contributed by atoms with Gasteiger partial charge in [0.1, 0.15) is 5.75 Å². The summed E-state index contributed by atoms with van der Waals surface area (Å²) in [7, 11) is 1.68. The van der Waals surface area contributed by atoms with E-state index < -0.39 is 0 Å². The zero-order valence-electron chi connectivity index (χ0n) is 8.27. The zero-order valence-corrected chi connectivity index (χ0v) is 8.27. The molecule has 14 heavy (non-hydrogen) atoms. The molecule has 76 valence electrons. The lowest BCUT2D eigenvalue weighted by Gasteiger charge is -2.16. The van der Waals surface area contributed by atoms with Crippen molar-refractivity contribution in [3.8, 4) is 5.75 Å². The number of ether oxygens (including phenoxy) is 2. The largest absolute Gasteiger partial charge is 0.496 e. The second-order valence-electron chi connectivity index (χ2n) is 3.55. The van der Waals surface area contributed by atoms with Crippen molar-refractivity contribution >= 4 is 0 Å². The molecular weight excluding hydrogens is 178 g/mol. The van der Waals surface area contributed by atoms with Crippen molar-refractivity contribution in [3.05, 3.63) is 29.8 Å². The normalized spacial score (nSPS) is 26.4. The maximum absolute atomic E-state index is 5.95. The second-order valence-corrected chi connectivity index (χ2v) is 3.55. The fourth-order valence-electron chi connectivity index (χ4n) is 1.86. The maximum Gasteiger partial charge on any atom is 0.122 e. The van der Waals surface area contributed by atoms with Crippen molar-refractivity contribution in [3.63, 3.8) is 0 Å². The van der Waals surface area contributed by atoms with E-state index in [1.165, 1.54) is 0 Å². The van der Waals surface area contributed by atoms with Crippen molar-refractivity contribution < 1.29 is 9.47 Å². The summed E-state index contributed by atoms with van der Waals surface area (Å²) < 4.78 is 10.6. The topological polar surface area (TPSA) is 44.5 Å². The van der Waals surface area contributed by atoms with E-state index >= 15 is 0 Å². The van der Waals surface area contributed by atoms with Crippen molar-refractivity contribution in [1.82, 2.24) is 0 Å². The van der Waals surface area contributed by atoms with E-state index in [2.05, 4.69) is 6.07 Å². The van der Waals surface area contributed by atoms with Crippen LogP contribution in [-0.2, 0) is 4.74 Å². The molecule has 1 aromatic rings. The van der Waals surface area contributed by atoms with Gasteiger partial charge in [-0.2, -0.15) is 0 Å². The van der Waals surface area contributed by atoms with E-state index in [9.17, 15) is 0 Å². The number of benzene rings is 1. The Hall–Kier alpha value is -1.06. The fraction of sp³-hybridized carbons (Fsp3) is 0.455. The molecule has 0 aromatic heterocycles. The van der Waals surface area contributed by atoms with Gasteiger partial charge in [0.05, 0.1) is 20.3 Å². The predicted octanol–water partition coefficient (Wildman–Crippen LogP) is 1.14. The number of nitrogens with two attached hydrogens (primary N) is 1. The Kier molecular flexibility index (Phi) is 2.70. The summed E-state index contributed by atoms with van der Waals surface area (Å²) >= 11 is 0. The van der Waals surface area contributed by atoms with Crippen molar-refractivity contribution in [2.75, 3.05) is 20.3 Å². The molecule has 2 unspecified atom stereocenters. The Labute approximate surface area is 83.8 Å². The highest BCUT2D eigenvalue weighted by Gasteiger charge is 2.28. The van der Waals surface area contributed by atoms with Crippen LogP contribution in [0.2, 0.25) is 0 Å². The van der Waals surface area contributed by atoms with Crippen molar-refractivity contribution in [2.45, 2.75) is 12.0 Å². The molecule has 1 aliphatic rings. The quantitative estimate of drug-likeness (QED) is 0.766. The summed E-state index contributed by atoms with van der Waals surface area (Å²) in [5.41, 5.74) is 7.11. The van der Waals surface area contributed by atoms with Gasteiger partial charge in [0, 0.05) is 17.5 Å². The van der Waals surface area contributed by atoms with E-state index in [1.54, 1.807) is 7.11 Å². The van der Waals surface area contributed by atoms with Gasteiger partial charge in [0.2, 0.25) is 0 Å². The van der Waals surface area contributed by atoms with Crippen molar-refractivity contribution in [1.29, 1.82) is 0 Å². The smallest absolute Gasteiger partial charge is 0.122 e. The first-order valence-corrected chi connectivity index (χ1v) is 4.79. The molecule has 1 aliphatic heterocycles. The molecule has 1 fully saturated rings. The van der Waals surface area contributed by atoms with Crippen LogP contribution in [0.15, 0.2) is 24.3 Å². The highest BCUT2D eigenvalue weighted by molar-refractivity contribution is 5.37. The monoisotopic (exact) mass is 193 g/mol. The van der Waals surface area contributed by atoms with E-state index in [1.807, 2.05) is 18.2 Å². The minimum absolute atomic E-state index is 0.0892. The van der Waals surface area contributed by atoms with Crippen LogP contribution >= 0.6 is 0 Å². The first kappa shape index (κ1) is 9.49. The molecule has 0 spiro atoms. The third kappa shape index (κ3) is 1.61. The van der Waals surface area contributed by atoms with Crippen LogP contribution in [0.4, 0.5) is 0 Å². The summed E-state index contributed by atoms with van der Waals surface area (Å²) in [4.78, 5) is 0. The third-order valence-corrected chi connectivity index (χ3v) is 2.66. The molecule has 0 amide bonds. The lowest BCUT2D eigenvalue weighted by molar-refractivity contribution is 0.190. The summed E-state index contributed by atoms with van der Waals surface area (Å²) in [6, 6.07) is 8.07. The second kappa shape index (κ2) is 3.98.